The largest absolute Gasteiger partial charge is 0.460 e. The molecule has 5 nitrogen and oxygen atoms in total. The molecule has 19 heavy (non-hydrogen) atoms. The molecule has 0 radical (unpaired) electrons. The van der Waals surface area contributed by atoms with Gasteiger partial charge in [0.1, 0.15) is 11.3 Å². The second kappa shape index (κ2) is 4.06. The summed E-state index contributed by atoms with van der Waals surface area (Å²) in [6.45, 7) is 5.17. The molecule has 100 valence electrons. The van der Waals surface area contributed by atoms with E-state index in [2.05, 4.69) is 25.8 Å². The SMILES string of the molecule is C[C@@H]1CN(C)[C@H](C)c2c1oc1ccc([N+](=O)[O-])cc21. The quantitative estimate of drug-likeness (QED) is 0.582. The van der Waals surface area contributed by atoms with E-state index >= 15 is 0 Å². The number of fused-ring (bicyclic) bond motifs is 3. The van der Waals surface area contributed by atoms with Gasteiger partial charge in [-0.1, -0.05) is 6.92 Å². The fourth-order valence-electron chi connectivity index (χ4n) is 2.93. The first-order valence-electron chi connectivity index (χ1n) is 6.40. The fourth-order valence-corrected chi connectivity index (χ4v) is 2.93. The highest BCUT2D eigenvalue weighted by Gasteiger charge is 2.32. The standard InChI is InChI=1S/C14H16N2O3/c1-8-7-15(3)9(2)13-11-6-10(16(17)18)4-5-12(11)19-14(8)13/h4-6,8-9H,7H2,1-3H3/t8-,9-/m1/s1. The van der Waals surface area contributed by atoms with Gasteiger partial charge in [-0.3, -0.25) is 15.0 Å². The van der Waals surface area contributed by atoms with Crippen LogP contribution in [-0.2, 0) is 0 Å². The van der Waals surface area contributed by atoms with Crippen LogP contribution in [-0.4, -0.2) is 23.4 Å². The molecule has 0 spiro atoms. The van der Waals surface area contributed by atoms with Gasteiger partial charge in [-0.2, -0.15) is 0 Å². The number of rotatable bonds is 1. The highest BCUT2D eigenvalue weighted by molar-refractivity contribution is 5.85. The van der Waals surface area contributed by atoms with E-state index in [0.717, 1.165) is 28.8 Å². The minimum atomic E-state index is -0.362. The molecule has 0 aliphatic carbocycles. The molecular weight excluding hydrogens is 244 g/mol. The van der Waals surface area contributed by atoms with Gasteiger partial charge < -0.3 is 4.42 Å². The minimum Gasteiger partial charge on any atom is -0.460 e. The van der Waals surface area contributed by atoms with Gasteiger partial charge in [0.2, 0.25) is 0 Å². The zero-order chi connectivity index (χ0) is 13.7. The van der Waals surface area contributed by atoms with Crippen LogP contribution in [0.5, 0.6) is 0 Å². The molecule has 3 rings (SSSR count). The normalized spacial score (nSPS) is 23.5. The molecule has 0 saturated heterocycles. The minimum absolute atomic E-state index is 0.115. The average Bonchev–Trinajstić information content (AvgIpc) is 2.75. The summed E-state index contributed by atoms with van der Waals surface area (Å²) in [4.78, 5) is 12.8. The molecule has 1 aliphatic heterocycles. The van der Waals surface area contributed by atoms with Crippen LogP contribution in [0.1, 0.15) is 37.1 Å². The van der Waals surface area contributed by atoms with E-state index in [1.165, 1.54) is 6.07 Å². The number of hydrogen-bond donors (Lipinski definition) is 0. The van der Waals surface area contributed by atoms with Crippen LogP contribution in [0.3, 0.4) is 0 Å². The Bertz CT molecular complexity index is 662. The summed E-state index contributed by atoms with van der Waals surface area (Å²) in [6, 6.07) is 5.04. The van der Waals surface area contributed by atoms with Crippen LogP contribution in [0, 0.1) is 10.1 Å². The van der Waals surface area contributed by atoms with E-state index in [4.69, 9.17) is 4.42 Å². The topological polar surface area (TPSA) is 59.5 Å². The maximum atomic E-state index is 10.9. The lowest BCUT2D eigenvalue weighted by Crippen LogP contribution is -2.31. The third-order valence-electron chi connectivity index (χ3n) is 4.04. The smallest absolute Gasteiger partial charge is 0.270 e. The zero-order valence-corrected chi connectivity index (χ0v) is 11.2. The van der Waals surface area contributed by atoms with Gasteiger partial charge in [-0.05, 0) is 20.0 Å². The average molecular weight is 260 g/mol. The number of non-ortho nitro benzene ring substituents is 1. The Morgan fingerprint density at radius 1 is 1.42 bits per heavy atom. The Balaban J connectivity index is 2.28. The monoisotopic (exact) mass is 260 g/mol. The summed E-state index contributed by atoms with van der Waals surface area (Å²) in [7, 11) is 2.07. The lowest BCUT2D eigenvalue weighted by atomic mass is 9.92. The van der Waals surface area contributed by atoms with E-state index in [-0.39, 0.29) is 16.7 Å². The summed E-state index contributed by atoms with van der Waals surface area (Å²) in [5.41, 5.74) is 1.95. The summed E-state index contributed by atoms with van der Waals surface area (Å²) in [5.74, 6) is 1.28. The number of nitro benzene ring substituents is 1. The Hall–Kier alpha value is -1.88. The first-order valence-corrected chi connectivity index (χ1v) is 6.40. The summed E-state index contributed by atoms with van der Waals surface area (Å²) in [6.07, 6.45) is 0. The van der Waals surface area contributed by atoms with Gasteiger partial charge in [0.15, 0.2) is 0 Å². The third kappa shape index (κ3) is 1.73. The second-order valence-corrected chi connectivity index (χ2v) is 5.33. The van der Waals surface area contributed by atoms with E-state index in [1.807, 2.05) is 0 Å². The molecular formula is C14H16N2O3. The van der Waals surface area contributed by atoms with E-state index in [1.54, 1.807) is 12.1 Å². The molecule has 1 aliphatic rings. The van der Waals surface area contributed by atoms with Crippen LogP contribution in [0.25, 0.3) is 11.0 Å². The van der Waals surface area contributed by atoms with Crippen molar-refractivity contribution < 1.29 is 9.34 Å². The number of furan rings is 1. The molecule has 0 saturated carbocycles. The summed E-state index contributed by atoms with van der Waals surface area (Å²) in [5, 5.41) is 11.8. The molecule has 0 fully saturated rings. The van der Waals surface area contributed by atoms with E-state index in [0.29, 0.717) is 5.92 Å². The van der Waals surface area contributed by atoms with Gasteiger partial charge in [0.25, 0.3) is 5.69 Å². The van der Waals surface area contributed by atoms with E-state index in [9.17, 15) is 10.1 Å². The van der Waals surface area contributed by atoms with Gasteiger partial charge >= 0.3 is 0 Å². The molecule has 2 heterocycles. The van der Waals surface area contributed by atoms with Crippen molar-refractivity contribution in [2.24, 2.45) is 0 Å². The summed E-state index contributed by atoms with van der Waals surface area (Å²) < 4.78 is 5.91. The highest BCUT2D eigenvalue weighted by Crippen LogP contribution is 2.42. The predicted molar refractivity (Wildman–Crippen MR) is 72.3 cm³/mol. The van der Waals surface area contributed by atoms with Crippen LogP contribution in [0.4, 0.5) is 5.69 Å². The van der Waals surface area contributed by atoms with Gasteiger partial charge in [0, 0.05) is 41.6 Å². The molecule has 0 amide bonds. The third-order valence-corrected chi connectivity index (χ3v) is 4.04. The van der Waals surface area contributed by atoms with Crippen molar-refractivity contribution in [1.29, 1.82) is 0 Å². The van der Waals surface area contributed by atoms with Crippen molar-refractivity contribution in [2.45, 2.75) is 25.8 Å². The Morgan fingerprint density at radius 2 is 2.16 bits per heavy atom. The Morgan fingerprint density at radius 3 is 2.84 bits per heavy atom. The number of nitro groups is 1. The van der Waals surface area contributed by atoms with Crippen LogP contribution >= 0.6 is 0 Å². The van der Waals surface area contributed by atoms with Crippen molar-refractivity contribution in [1.82, 2.24) is 4.90 Å². The van der Waals surface area contributed by atoms with Crippen LogP contribution in [0.2, 0.25) is 0 Å². The van der Waals surface area contributed by atoms with Gasteiger partial charge in [0.05, 0.1) is 4.92 Å². The molecule has 2 aromatic rings. The maximum Gasteiger partial charge on any atom is 0.270 e. The molecule has 2 atom stereocenters. The van der Waals surface area contributed by atoms with Crippen molar-refractivity contribution in [3.8, 4) is 0 Å². The van der Waals surface area contributed by atoms with Crippen molar-refractivity contribution in [2.75, 3.05) is 13.6 Å². The molecule has 0 bridgehead atoms. The summed E-state index contributed by atoms with van der Waals surface area (Å²) >= 11 is 0. The number of hydrogen-bond acceptors (Lipinski definition) is 4. The number of likely N-dealkylation sites (N-methyl/N-ethyl adjacent to an activating group) is 1. The molecule has 1 aromatic carbocycles. The number of benzene rings is 1. The zero-order valence-electron chi connectivity index (χ0n) is 11.2. The predicted octanol–water partition coefficient (Wildman–Crippen LogP) is 3.45. The fraction of sp³-hybridized carbons (Fsp3) is 0.429. The second-order valence-electron chi connectivity index (χ2n) is 5.33. The van der Waals surface area contributed by atoms with Crippen molar-refractivity contribution >= 4 is 16.7 Å². The van der Waals surface area contributed by atoms with Crippen molar-refractivity contribution in [3.05, 3.63) is 39.6 Å². The van der Waals surface area contributed by atoms with Crippen molar-refractivity contribution in [3.63, 3.8) is 0 Å². The Kier molecular flexibility index (Phi) is 2.60. The van der Waals surface area contributed by atoms with Gasteiger partial charge in [-0.15, -0.1) is 0 Å². The molecule has 0 unspecified atom stereocenters. The Labute approximate surface area is 111 Å². The maximum absolute atomic E-state index is 10.9. The van der Waals surface area contributed by atoms with Gasteiger partial charge in [-0.25, -0.2) is 0 Å². The molecule has 5 heteroatoms. The van der Waals surface area contributed by atoms with Crippen LogP contribution < -0.4 is 0 Å². The first kappa shape index (κ1) is 12.2. The number of nitrogens with zero attached hydrogens (tertiary/aromatic N) is 2. The molecule has 0 N–H and O–H groups in total. The van der Waals surface area contributed by atoms with Crippen LogP contribution in [0.15, 0.2) is 22.6 Å². The van der Waals surface area contributed by atoms with E-state index < -0.39 is 0 Å². The lowest BCUT2D eigenvalue weighted by Gasteiger charge is -2.32. The first-order chi connectivity index (χ1) is 8.99. The molecule has 1 aromatic heterocycles. The lowest BCUT2D eigenvalue weighted by molar-refractivity contribution is -0.384. The highest BCUT2D eigenvalue weighted by atomic mass is 16.6.